The Hall–Kier alpha value is -3.99. The second-order valence-electron chi connectivity index (χ2n) is 7.13. The lowest BCUT2D eigenvalue weighted by Gasteiger charge is -2.17. The molecule has 0 bridgehead atoms. The summed E-state index contributed by atoms with van der Waals surface area (Å²) in [7, 11) is 0. The predicted molar refractivity (Wildman–Crippen MR) is 124 cm³/mol. The van der Waals surface area contributed by atoms with Crippen molar-refractivity contribution in [2.45, 2.75) is 24.9 Å². The molecule has 1 aromatic carbocycles. The third-order valence-electron chi connectivity index (χ3n) is 4.60. The lowest BCUT2D eigenvalue weighted by Crippen LogP contribution is -2.49. The van der Waals surface area contributed by atoms with E-state index in [1.54, 1.807) is 0 Å². The van der Waals surface area contributed by atoms with Crippen molar-refractivity contribution >= 4 is 58.7 Å². The molecule has 0 saturated carbocycles. The van der Waals surface area contributed by atoms with Gasteiger partial charge in [-0.2, -0.15) is 12.6 Å². The summed E-state index contributed by atoms with van der Waals surface area (Å²) in [6, 6.07) is 0.660. The zero-order valence-electron chi connectivity index (χ0n) is 18.2. The number of aromatic nitrogens is 2. The van der Waals surface area contributed by atoms with Crippen molar-refractivity contribution in [2.24, 2.45) is 5.73 Å². The van der Waals surface area contributed by atoms with Gasteiger partial charge < -0.3 is 32.1 Å². The van der Waals surface area contributed by atoms with Gasteiger partial charge in [0, 0.05) is 31.3 Å². The molecule has 0 fully saturated rings. The van der Waals surface area contributed by atoms with Gasteiger partial charge in [0.1, 0.15) is 12.6 Å². The van der Waals surface area contributed by atoms with Crippen LogP contribution in [0, 0.1) is 10.1 Å². The number of thiol groups is 1. The van der Waals surface area contributed by atoms with Crippen LogP contribution in [0.2, 0.25) is 0 Å². The largest absolute Gasteiger partial charge is 0.480 e. The van der Waals surface area contributed by atoms with E-state index in [1.165, 1.54) is 12.1 Å². The summed E-state index contributed by atoms with van der Waals surface area (Å²) in [5, 5.41) is 36.9. The van der Waals surface area contributed by atoms with Crippen molar-refractivity contribution in [3.63, 3.8) is 0 Å². The van der Waals surface area contributed by atoms with Crippen molar-refractivity contribution in [2.75, 3.05) is 30.7 Å². The maximum absolute atomic E-state index is 12.2. The summed E-state index contributed by atoms with van der Waals surface area (Å²) < 4.78 is 4.57. The number of rotatable bonds is 14. The average Bonchev–Trinajstić information content (AvgIpc) is 3.31. The van der Waals surface area contributed by atoms with Crippen LogP contribution in [0.15, 0.2) is 16.8 Å². The summed E-state index contributed by atoms with van der Waals surface area (Å²) >= 11 is 3.96. The van der Waals surface area contributed by atoms with E-state index >= 15 is 0 Å². The van der Waals surface area contributed by atoms with E-state index in [0.717, 1.165) is 0 Å². The summed E-state index contributed by atoms with van der Waals surface area (Å²) in [4.78, 5) is 57.0. The lowest BCUT2D eigenvalue weighted by atomic mass is 10.1. The van der Waals surface area contributed by atoms with Crippen LogP contribution in [0.5, 0.6) is 0 Å². The molecule has 3 amide bonds. The SMILES string of the molecule is NC(CCC(=O)N[C@H](CS)C(=O)NCC(=O)O)C(=O)NCCNc1ccc([N+](=O)[O-])c2nonc12. The molecule has 0 aliphatic heterocycles. The van der Waals surface area contributed by atoms with Crippen LogP contribution in [0.3, 0.4) is 0 Å². The molecule has 1 unspecified atom stereocenters. The molecule has 35 heavy (non-hydrogen) atoms. The minimum atomic E-state index is -1.23. The smallest absolute Gasteiger partial charge is 0.322 e. The maximum Gasteiger partial charge on any atom is 0.322 e. The number of nitrogens with two attached hydrogens (primary N) is 1. The molecule has 0 aliphatic rings. The molecule has 7 N–H and O–H groups in total. The number of nitrogens with one attached hydrogen (secondary N) is 4. The summed E-state index contributed by atoms with van der Waals surface area (Å²) in [5.74, 6) is -3.05. The van der Waals surface area contributed by atoms with Gasteiger partial charge in [-0.3, -0.25) is 29.3 Å². The number of carbonyl (C=O) groups is 4. The van der Waals surface area contributed by atoms with Crippen molar-refractivity contribution in [1.82, 2.24) is 26.3 Å². The van der Waals surface area contributed by atoms with Gasteiger partial charge >= 0.3 is 11.7 Å². The first kappa shape index (κ1) is 27.3. The standard InChI is InChI=1S/C18H24N8O8S/c19-9(1-4-13(27)23-11(8-35)18(31)22-7-14(28)29)17(30)21-6-5-20-10-2-3-12(26(32)33)16-15(10)24-34-25-16/h2-3,9,11,20,35H,1,4-8,19H2,(H,21,30)(H,22,31)(H,23,27)(H,28,29)/t9?,11-/m1/s1. The number of anilines is 1. The zero-order chi connectivity index (χ0) is 26.0. The lowest BCUT2D eigenvalue weighted by molar-refractivity contribution is -0.383. The molecule has 0 aliphatic carbocycles. The number of fused-ring (bicyclic) bond motifs is 1. The van der Waals surface area contributed by atoms with Gasteiger partial charge in [0.15, 0.2) is 5.52 Å². The van der Waals surface area contributed by atoms with Gasteiger partial charge in [-0.1, -0.05) is 0 Å². The molecule has 1 aromatic heterocycles. The number of non-ortho nitro benzene ring substituents is 1. The van der Waals surface area contributed by atoms with Gasteiger partial charge in [0.2, 0.25) is 23.2 Å². The number of hydrogen-bond acceptors (Lipinski definition) is 12. The van der Waals surface area contributed by atoms with Crippen LogP contribution in [0.4, 0.5) is 11.4 Å². The van der Waals surface area contributed by atoms with Crippen molar-refractivity contribution < 1.29 is 33.8 Å². The monoisotopic (exact) mass is 512 g/mol. The van der Waals surface area contributed by atoms with Crippen LogP contribution in [0.1, 0.15) is 12.8 Å². The van der Waals surface area contributed by atoms with Gasteiger partial charge in [-0.25, -0.2) is 4.63 Å². The van der Waals surface area contributed by atoms with Gasteiger partial charge in [-0.15, -0.1) is 0 Å². The average molecular weight is 513 g/mol. The fraction of sp³-hybridized carbons (Fsp3) is 0.444. The molecule has 2 aromatic rings. The number of nitro benzene ring substituents is 1. The van der Waals surface area contributed by atoms with Crippen molar-refractivity contribution in [1.29, 1.82) is 0 Å². The second-order valence-corrected chi connectivity index (χ2v) is 7.49. The minimum Gasteiger partial charge on any atom is -0.480 e. The van der Waals surface area contributed by atoms with Crippen LogP contribution in [-0.2, 0) is 19.2 Å². The van der Waals surface area contributed by atoms with E-state index < -0.39 is 47.2 Å². The minimum absolute atomic E-state index is 0.00524. The number of benzene rings is 1. The Balaban J connectivity index is 1.73. The molecular weight excluding hydrogens is 488 g/mol. The van der Waals surface area contributed by atoms with Gasteiger partial charge in [0.25, 0.3) is 0 Å². The molecule has 0 saturated heterocycles. The summed E-state index contributed by atoms with van der Waals surface area (Å²) in [6.07, 6.45) is -0.155. The van der Waals surface area contributed by atoms with E-state index in [4.69, 9.17) is 10.8 Å². The molecule has 2 rings (SSSR count). The Morgan fingerprint density at radius 3 is 2.51 bits per heavy atom. The van der Waals surface area contributed by atoms with Crippen LogP contribution in [0.25, 0.3) is 11.0 Å². The number of aliphatic carboxylic acids is 1. The van der Waals surface area contributed by atoms with E-state index in [9.17, 15) is 29.3 Å². The maximum atomic E-state index is 12.2. The number of amides is 3. The Bertz CT molecular complexity index is 1090. The Kier molecular flexibility index (Phi) is 10.2. The highest BCUT2D eigenvalue weighted by Gasteiger charge is 2.22. The van der Waals surface area contributed by atoms with E-state index in [-0.39, 0.29) is 48.4 Å². The molecule has 16 nitrogen and oxygen atoms in total. The Morgan fingerprint density at radius 1 is 1.14 bits per heavy atom. The molecule has 1 heterocycles. The fourth-order valence-electron chi connectivity index (χ4n) is 2.82. The Morgan fingerprint density at radius 2 is 1.86 bits per heavy atom. The Labute approximate surface area is 202 Å². The fourth-order valence-corrected chi connectivity index (χ4v) is 3.08. The first-order chi connectivity index (χ1) is 16.6. The van der Waals surface area contributed by atoms with E-state index in [1.807, 2.05) is 0 Å². The first-order valence-electron chi connectivity index (χ1n) is 10.2. The van der Waals surface area contributed by atoms with Crippen LogP contribution in [-0.4, -0.2) is 81.5 Å². The van der Waals surface area contributed by atoms with Crippen molar-refractivity contribution in [3.05, 3.63) is 22.2 Å². The summed E-state index contributed by atoms with van der Waals surface area (Å²) in [6.45, 7) is -0.217. The predicted octanol–water partition coefficient (Wildman–Crippen LogP) is -1.62. The van der Waals surface area contributed by atoms with Gasteiger partial charge in [0.05, 0.1) is 16.7 Å². The number of carbonyl (C=O) groups excluding carboxylic acids is 3. The normalized spacial score (nSPS) is 12.4. The van der Waals surface area contributed by atoms with E-state index in [2.05, 4.69) is 48.8 Å². The topological polar surface area (TPSA) is 245 Å². The highest BCUT2D eigenvalue weighted by molar-refractivity contribution is 7.80. The van der Waals surface area contributed by atoms with Crippen LogP contribution >= 0.6 is 12.6 Å². The number of nitro groups is 1. The second kappa shape index (κ2) is 13.0. The number of hydrogen-bond donors (Lipinski definition) is 7. The number of carboxylic acid groups (broad SMARTS) is 1. The van der Waals surface area contributed by atoms with E-state index in [0.29, 0.717) is 5.69 Å². The van der Waals surface area contributed by atoms with Crippen molar-refractivity contribution in [3.8, 4) is 0 Å². The first-order valence-corrected chi connectivity index (χ1v) is 10.8. The highest BCUT2D eigenvalue weighted by atomic mass is 32.1. The zero-order valence-corrected chi connectivity index (χ0v) is 19.1. The summed E-state index contributed by atoms with van der Waals surface area (Å²) in [5.41, 5.74) is 6.13. The molecule has 2 atom stereocenters. The number of carboxylic acids is 1. The third-order valence-corrected chi connectivity index (χ3v) is 4.96. The van der Waals surface area contributed by atoms with Gasteiger partial charge in [-0.05, 0) is 22.8 Å². The van der Waals surface area contributed by atoms with Crippen LogP contribution < -0.4 is 27.0 Å². The quantitative estimate of drug-likeness (QED) is 0.0653. The molecule has 0 spiro atoms. The molecule has 0 radical (unpaired) electrons. The molecular formula is C18H24N8O8S. The molecule has 17 heteroatoms. The highest BCUT2D eigenvalue weighted by Crippen LogP contribution is 2.28. The number of nitrogens with zero attached hydrogens (tertiary/aromatic N) is 3. The third kappa shape index (κ3) is 8.07. The molecule has 190 valence electrons.